The van der Waals surface area contributed by atoms with Gasteiger partial charge in [-0.05, 0) is 56.1 Å². The summed E-state index contributed by atoms with van der Waals surface area (Å²) < 4.78 is 39.2. The predicted molar refractivity (Wildman–Crippen MR) is 83.4 cm³/mol. The average molecular weight is 444 g/mol. The number of nitrogens with zero attached hydrogens (tertiary/aromatic N) is 1. The molecule has 1 N–H and O–H groups in total. The van der Waals surface area contributed by atoms with Gasteiger partial charge in [0.2, 0.25) is 0 Å². The van der Waals surface area contributed by atoms with Crippen LogP contribution in [0.2, 0.25) is 5.02 Å². The Morgan fingerprint density at radius 3 is 2.48 bits per heavy atom. The first-order valence-electron chi connectivity index (χ1n) is 5.68. The first-order chi connectivity index (χ1) is 9.77. The average Bonchev–Trinajstić information content (AvgIpc) is 2.38. The van der Waals surface area contributed by atoms with Gasteiger partial charge in [0, 0.05) is 15.1 Å². The third-order valence-corrected chi connectivity index (χ3v) is 4.06. The van der Waals surface area contributed by atoms with Crippen LogP contribution in [-0.4, -0.2) is 4.98 Å². The minimum Gasteiger partial charge on any atom is -0.378 e. The summed E-state index contributed by atoms with van der Waals surface area (Å²) in [6.45, 7) is 0.332. The lowest BCUT2D eigenvalue weighted by Crippen LogP contribution is -2.07. The Kier molecular flexibility index (Phi) is 5.16. The van der Waals surface area contributed by atoms with Gasteiger partial charge in [-0.3, -0.25) is 4.98 Å². The Bertz CT molecular complexity index is 662. The van der Waals surface area contributed by atoms with Crippen molar-refractivity contribution in [3.05, 3.63) is 55.7 Å². The van der Waals surface area contributed by atoms with Crippen LogP contribution in [0.25, 0.3) is 0 Å². The van der Waals surface area contributed by atoms with Crippen LogP contribution in [0.4, 0.5) is 18.9 Å². The molecule has 1 heterocycles. The monoisotopic (exact) mass is 442 g/mol. The maximum atomic E-state index is 12.5. The number of pyridine rings is 1. The van der Waals surface area contributed by atoms with Gasteiger partial charge in [0.1, 0.15) is 0 Å². The van der Waals surface area contributed by atoms with E-state index < -0.39 is 11.7 Å². The standard InChI is InChI=1S/C13H8Br2ClF3N2/c14-8-4-9(15)12(20-5-8)6-21-11-2-1-7(3-10(11)16)13(17,18)19/h1-5,21H,6H2. The van der Waals surface area contributed by atoms with E-state index in [9.17, 15) is 13.2 Å². The maximum absolute atomic E-state index is 12.5. The van der Waals surface area contributed by atoms with Crippen molar-refractivity contribution in [1.29, 1.82) is 0 Å². The number of alkyl halides is 3. The minimum atomic E-state index is -4.40. The molecule has 0 aliphatic rings. The van der Waals surface area contributed by atoms with E-state index in [0.717, 1.165) is 21.1 Å². The highest BCUT2D eigenvalue weighted by Crippen LogP contribution is 2.34. The van der Waals surface area contributed by atoms with Crippen molar-refractivity contribution in [3.63, 3.8) is 0 Å². The Morgan fingerprint density at radius 2 is 1.90 bits per heavy atom. The van der Waals surface area contributed by atoms with Crippen LogP contribution in [0.1, 0.15) is 11.3 Å². The summed E-state index contributed by atoms with van der Waals surface area (Å²) in [6, 6.07) is 5.02. The SMILES string of the molecule is FC(F)(F)c1ccc(NCc2ncc(Br)cc2Br)c(Cl)c1. The molecule has 1 aromatic carbocycles. The second-order valence-electron chi connectivity index (χ2n) is 4.13. The van der Waals surface area contributed by atoms with Crippen molar-refractivity contribution in [1.82, 2.24) is 4.98 Å². The molecule has 0 saturated carbocycles. The minimum absolute atomic E-state index is 0.0121. The molecule has 0 aliphatic heterocycles. The highest BCUT2D eigenvalue weighted by molar-refractivity contribution is 9.11. The Labute approximate surface area is 141 Å². The quantitative estimate of drug-likeness (QED) is 0.639. The summed E-state index contributed by atoms with van der Waals surface area (Å²) in [5.74, 6) is 0. The second-order valence-corrected chi connectivity index (χ2v) is 6.31. The molecule has 0 saturated heterocycles. The van der Waals surface area contributed by atoms with Crippen LogP contribution in [0.5, 0.6) is 0 Å². The first-order valence-corrected chi connectivity index (χ1v) is 7.64. The number of halogens is 6. The van der Waals surface area contributed by atoms with Gasteiger partial charge in [-0.1, -0.05) is 11.6 Å². The molecular formula is C13H8Br2ClF3N2. The number of anilines is 1. The fourth-order valence-corrected chi connectivity index (χ4v) is 2.96. The van der Waals surface area contributed by atoms with E-state index in [4.69, 9.17) is 11.6 Å². The molecule has 0 aliphatic carbocycles. The summed E-state index contributed by atoms with van der Waals surface area (Å²) in [7, 11) is 0. The summed E-state index contributed by atoms with van der Waals surface area (Å²) >= 11 is 12.5. The zero-order valence-corrected chi connectivity index (χ0v) is 14.2. The smallest absolute Gasteiger partial charge is 0.378 e. The number of hydrogen-bond donors (Lipinski definition) is 1. The van der Waals surface area contributed by atoms with Gasteiger partial charge in [0.25, 0.3) is 0 Å². The molecule has 2 rings (SSSR count). The van der Waals surface area contributed by atoms with Crippen LogP contribution in [0, 0.1) is 0 Å². The third-order valence-electron chi connectivity index (χ3n) is 2.63. The molecule has 8 heteroatoms. The van der Waals surface area contributed by atoms with Crippen molar-refractivity contribution in [2.75, 3.05) is 5.32 Å². The van der Waals surface area contributed by atoms with Gasteiger partial charge < -0.3 is 5.32 Å². The van der Waals surface area contributed by atoms with Gasteiger partial charge >= 0.3 is 6.18 Å². The van der Waals surface area contributed by atoms with E-state index in [1.54, 1.807) is 6.20 Å². The zero-order chi connectivity index (χ0) is 15.6. The Hall–Kier alpha value is -0.790. The number of rotatable bonds is 3. The van der Waals surface area contributed by atoms with Crippen LogP contribution < -0.4 is 5.32 Å². The van der Waals surface area contributed by atoms with Gasteiger partial charge in [-0.2, -0.15) is 13.2 Å². The summed E-state index contributed by atoms with van der Waals surface area (Å²) in [6.07, 6.45) is -2.77. The molecule has 112 valence electrons. The van der Waals surface area contributed by atoms with E-state index in [1.165, 1.54) is 6.07 Å². The van der Waals surface area contributed by atoms with Crippen molar-refractivity contribution in [3.8, 4) is 0 Å². The van der Waals surface area contributed by atoms with Gasteiger partial charge in [-0.15, -0.1) is 0 Å². The van der Waals surface area contributed by atoms with E-state index in [0.29, 0.717) is 17.9 Å². The van der Waals surface area contributed by atoms with Crippen LogP contribution in [0.15, 0.2) is 39.4 Å². The first kappa shape index (κ1) is 16.6. The summed E-state index contributed by atoms with van der Waals surface area (Å²) in [5.41, 5.74) is 0.358. The molecule has 0 bridgehead atoms. The van der Waals surface area contributed by atoms with E-state index in [1.807, 2.05) is 6.07 Å². The van der Waals surface area contributed by atoms with E-state index >= 15 is 0 Å². The summed E-state index contributed by atoms with van der Waals surface area (Å²) in [5, 5.41) is 2.97. The lowest BCUT2D eigenvalue weighted by atomic mass is 10.2. The normalized spacial score (nSPS) is 11.5. The van der Waals surface area contributed by atoms with Crippen molar-refractivity contribution >= 4 is 49.1 Å². The van der Waals surface area contributed by atoms with E-state index in [2.05, 4.69) is 42.2 Å². The fraction of sp³-hybridized carbons (Fsp3) is 0.154. The molecule has 2 aromatic rings. The zero-order valence-electron chi connectivity index (χ0n) is 10.3. The van der Waals surface area contributed by atoms with Crippen LogP contribution in [0.3, 0.4) is 0 Å². The molecule has 0 fully saturated rings. The lowest BCUT2D eigenvalue weighted by Gasteiger charge is -2.12. The number of aromatic nitrogens is 1. The number of benzene rings is 1. The van der Waals surface area contributed by atoms with Gasteiger partial charge in [-0.25, -0.2) is 0 Å². The topological polar surface area (TPSA) is 24.9 Å². The van der Waals surface area contributed by atoms with Crippen molar-refractivity contribution in [2.45, 2.75) is 12.7 Å². The fourth-order valence-electron chi connectivity index (χ4n) is 1.59. The predicted octanol–water partition coefficient (Wildman–Crippen LogP) is 5.89. The molecule has 1 aromatic heterocycles. The van der Waals surface area contributed by atoms with Gasteiger partial charge in [0.15, 0.2) is 0 Å². The van der Waals surface area contributed by atoms with Crippen molar-refractivity contribution < 1.29 is 13.2 Å². The Morgan fingerprint density at radius 1 is 1.19 bits per heavy atom. The highest BCUT2D eigenvalue weighted by atomic mass is 79.9. The largest absolute Gasteiger partial charge is 0.416 e. The van der Waals surface area contributed by atoms with Crippen LogP contribution in [-0.2, 0) is 12.7 Å². The molecule has 2 nitrogen and oxygen atoms in total. The molecule has 0 radical (unpaired) electrons. The summed E-state index contributed by atoms with van der Waals surface area (Å²) in [4.78, 5) is 4.20. The van der Waals surface area contributed by atoms with Gasteiger partial charge in [0.05, 0.1) is 28.5 Å². The molecule has 0 amide bonds. The van der Waals surface area contributed by atoms with Crippen LogP contribution >= 0.6 is 43.5 Å². The lowest BCUT2D eigenvalue weighted by molar-refractivity contribution is -0.137. The van der Waals surface area contributed by atoms with E-state index in [-0.39, 0.29) is 5.02 Å². The van der Waals surface area contributed by atoms with Crippen molar-refractivity contribution in [2.24, 2.45) is 0 Å². The molecule has 0 atom stereocenters. The molecular weight excluding hydrogens is 436 g/mol. The number of hydrogen-bond acceptors (Lipinski definition) is 2. The maximum Gasteiger partial charge on any atom is 0.416 e. The second kappa shape index (κ2) is 6.54. The third kappa shape index (κ3) is 4.34. The highest BCUT2D eigenvalue weighted by Gasteiger charge is 2.30. The molecule has 0 spiro atoms. The molecule has 21 heavy (non-hydrogen) atoms. The molecule has 0 unspecified atom stereocenters. The Balaban J connectivity index is 2.13. The number of nitrogens with one attached hydrogen (secondary N) is 1.